The summed E-state index contributed by atoms with van der Waals surface area (Å²) in [6, 6.07) is 9.74. The first-order valence-corrected chi connectivity index (χ1v) is 7.91. The molecule has 0 radical (unpaired) electrons. The van der Waals surface area contributed by atoms with Crippen molar-refractivity contribution in [3.8, 4) is 11.5 Å². The molecule has 0 aliphatic heterocycles. The lowest BCUT2D eigenvalue weighted by molar-refractivity contribution is -0.119. The molecule has 3 N–H and O–H groups in total. The molecule has 112 valence electrons. The Kier molecular flexibility index (Phi) is 5.83. The number of hydrogen-bond acceptors (Lipinski definition) is 5. The second kappa shape index (κ2) is 7.85. The average molecular weight is 305 g/mol. The summed E-state index contributed by atoms with van der Waals surface area (Å²) < 4.78 is 5.45. The smallest absolute Gasteiger partial charge is 0.230 e. The molecule has 2 aromatic rings. The normalized spacial score (nSPS) is 12.1. The molecule has 6 heteroatoms. The Morgan fingerprint density at radius 1 is 1.43 bits per heavy atom. The van der Waals surface area contributed by atoms with Crippen molar-refractivity contribution in [3.63, 3.8) is 0 Å². The van der Waals surface area contributed by atoms with Crippen LogP contribution in [-0.2, 0) is 10.5 Å². The molecule has 0 bridgehead atoms. The third-order valence-electron chi connectivity index (χ3n) is 2.82. The molecule has 0 aliphatic rings. The molecule has 0 spiro atoms. The Labute approximate surface area is 128 Å². The number of benzene rings is 1. The third kappa shape index (κ3) is 4.91. The number of nitrogens with zero attached hydrogens (tertiary/aromatic N) is 1. The van der Waals surface area contributed by atoms with E-state index in [1.165, 1.54) is 11.8 Å². The maximum Gasteiger partial charge on any atom is 0.230 e. The number of carbonyl (C=O) groups excluding carboxylic acids is 1. The number of aromatic nitrogens is 1. The van der Waals surface area contributed by atoms with Gasteiger partial charge in [0.25, 0.3) is 0 Å². The van der Waals surface area contributed by atoms with Crippen LogP contribution in [0.4, 0.5) is 0 Å². The fraction of sp³-hybridized carbons (Fsp3) is 0.333. The van der Waals surface area contributed by atoms with Crippen molar-refractivity contribution in [1.29, 1.82) is 0 Å². The predicted octanol–water partition coefficient (Wildman–Crippen LogP) is 2.04. The molecule has 21 heavy (non-hydrogen) atoms. The molecule has 1 atom stereocenters. The third-order valence-corrected chi connectivity index (χ3v) is 3.78. The Morgan fingerprint density at radius 2 is 2.19 bits per heavy atom. The predicted molar refractivity (Wildman–Crippen MR) is 84.8 cm³/mol. The van der Waals surface area contributed by atoms with Gasteiger partial charge in [-0.15, -0.1) is 11.8 Å². The molecule has 0 saturated heterocycles. The minimum Gasteiger partial charge on any atom is -0.444 e. The lowest BCUT2D eigenvalue weighted by Crippen LogP contribution is -2.38. The van der Waals surface area contributed by atoms with Crippen molar-refractivity contribution in [2.75, 3.05) is 12.3 Å². The highest BCUT2D eigenvalue weighted by atomic mass is 32.2. The van der Waals surface area contributed by atoms with E-state index in [-0.39, 0.29) is 11.9 Å². The van der Waals surface area contributed by atoms with Crippen LogP contribution in [0.2, 0.25) is 0 Å². The topological polar surface area (TPSA) is 81.1 Å². The van der Waals surface area contributed by atoms with Gasteiger partial charge in [-0.2, -0.15) is 0 Å². The number of hydrogen-bond donors (Lipinski definition) is 2. The van der Waals surface area contributed by atoms with E-state index >= 15 is 0 Å². The van der Waals surface area contributed by atoms with Crippen LogP contribution in [0.25, 0.3) is 11.5 Å². The quantitative estimate of drug-likeness (QED) is 0.818. The van der Waals surface area contributed by atoms with Gasteiger partial charge in [-0.05, 0) is 19.1 Å². The molecular weight excluding hydrogens is 286 g/mol. The number of amides is 1. The second-order valence-electron chi connectivity index (χ2n) is 4.71. The number of nitrogens with one attached hydrogen (secondary N) is 1. The van der Waals surface area contributed by atoms with E-state index in [4.69, 9.17) is 10.2 Å². The maximum absolute atomic E-state index is 11.6. The van der Waals surface area contributed by atoms with Crippen LogP contribution < -0.4 is 11.1 Å². The van der Waals surface area contributed by atoms with Crippen LogP contribution in [0.1, 0.15) is 12.6 Å². The summed E-state index contributed by atoms with van der Waals surface area (Å²) in [5.74, 6) is 1.62. The molecule has 1 aromatic heterocycles. The highest BCUT2D eigenvalue weighted by molar-refractivity contribution is 7.99. The summed E-state index contributed by atoms with van der Waals surface area (Å²) >= 11 is 1.50. The first kappa shape index (κ1) is 15.6. The number of nitrogens with two attached hydrogens (primary N) is 1. The monoisotopic (exact) mass is 305 g/mol. The molecule has 2 rings (SSSR count). The largest absolute Gasteiger partial charge is 0.444 e. The van der Waals surface area contributed by atoms with Gasteiger partial charge >= 0.3 is 0 Å². The minimum atomic E-state index is -0.00951. The number of carbonyl (C=O) groups is 1. The zero-order chi connectivity index (χ0) is 15.1. The summed E-state index contributed by atoms with van der Waals surface area (Å²) in [6.45, 7) is 2.33. The molecule has 1 aromatic carbocycles. The lowest BCUT2D eigenvalue weighted by Gasteiger charge is -2.10. The Morgan fingerprint density at radius 3 is 2.90 bits per heavy atom. The van der Waals surface area contributed by atoms with E-state index in [2.05, 4.69) is 10.3 Å². The Balaban J connectivity index is 1.80. The fourth-order valence-corrected chi connectivity index (χ4v) is 2.42. The zero-order valence-corrected chi connectivity index (χ0v) is 12.7. The Hall–Kier alpha value is -1.79. The van der Waals surface area contributed by atoms with Gasteiger partial charge in [-0.1, -0.05) is 18.2 Å². The summed E-state index contributed by atoms with van der Waals surface area (Å²) in [4.78, 5) is 16.0. The highest BCUT2D eigenvalue weighted by Gasteiger charge is 2.09. The van der Waals surface area contributed by atoms with E-state index in [0.29, 0.717) is 23.9 Å². The molecular formula is C15H19N3O2S. The van der Waals surface area contributed by atoms with Gasteiger partial charge in [0.15, 0.2) is 0 Å². The summed E-state index contributed by atoms with van der Waals surface area (Å²) in [7, 11) is 0. The van der Waals surface area contributed by atoms with Crippen molar-refractivity contribution in [2.24, 2.45) is 5.73 Å². The van der Waals surface area contributed by atoms with Crippen LogP contribution in [0, 0.1) is 0 Å². The Bertz CT molecular complexity index is 571. The molecule has 0 fully saturated rings. The van der Waals surface area contributed by atoms with Crippen molar-refractivity contribution < 1.29 is 9.21 Å². The fourth-order valence-electron chi connectivity index (χ4n) is 1.71. The number of oxazole rings is 1. The van der Waals surface area contributed by atoms with E-state index < -0.39 is 0 Å². The number of thioether (sulfide) groups is 1. The van der Waals surface area contributed by atoms with Crippen molar-refractivity contribution in [3.05, 3.63) is 42.3 Å². The average Bonchev–Trinajstić information content (AvgIpc) is 2.97. The van der Waals surface area contributed by atoms with Gasteiger partial charge in [-0.25, -0.2) is 4.98 Å². The number of rotatable bonds is 7. The van der Waals surface area contributed by atoms with Crippen LogP contribution in [0.3, 0.4) is 0 Å². The molecule has 1 amide bonds. The zero-order valence-electron chi connectivity index (χ0n) is 11.9. The first-order chi connectivity index (χ1) is 10.2. The molecule has 5 nitrogen and oxygen atoms in total. The first-order valence-electron chi connectivity index (χ1n) is 6.76. The van der Waals surface area contributed by atoms with Crippen LogP contribution in [0.5, 0.6) is 0 Å². The van der Waals surface area contributed by atoms with Crippen molar-refractivity contribution >= 4 is 17.7 Å². The van der Waals surface area contributed by atoms with Crippen LogP contribution in [-0.4, -0.2) is 29.2 Å². The highest BCUT2D eigenvalue weighted by Crippen LogP contribution is 2.20. The molecule has 1 heterocycles. The summed E-state index contributed by atoms with van der Waals surface area (Å²) in [6.07, 6.45) is 1.63. The second-order valence-corrected chi connectivity index (χ2v) is 5.69. The minimum absolute atomic E-state index is 0.00911. The van der Waals surface area contributed by atoms with Gasteiger partial charge in [-0.3, -0.25) is 4.79 Å². The lowest BCUT2D eigenvalue weighted by atomic mass is 10.2. The van der Waals surface area contributed by atoms with Crippen LogP contribution >= 0.6 is 11.8 Å². The summed E-state index contributed by atoms with van der Waals surface area (Å²) in [5.41, 5.74) is 7.23. The molecule has 0 saturated carbocycles. The van der Waals surface area contributed by atoms with E-state index in [1.54, 1.807) is 6.26 Å². The van der Waals surface area contributed by atoms with Crippen molar-refractivity contribution in [1.82, 2.24) is 10.3 Å². The van der Waals surface area contributed by atoms with E-state index in [1.807, 2.05) is 37.3 Å². The molecule has 0 aliphatic carbocycles. The van der Waals surface area contributed by atoms with Gasteiger partial charge in [0, 0.05) is 23.9 Å². The van der Waals surface area contributed by atoms with Gasteiger partial charge in [0.2, 0.25) is 11.8 Å². The summed E-state index contributed by atoms with van der Waals surface area (Å²) in [5, 5.41) is 2.82. The SMILES string of the molecule is C[C@@H](CN)NC(=O)CSCc1coc(-c2ccccc2)n1. The van der Waals surface area contributed by atoms with Crippen LogP contribution in [0.15, 0.2) is 41.0 Å². The van der Waals surface area contributed by atoms with Gasteiger partial charge < -0.3 is 15.5 Å². The van der Waals surface area contributed by atoms with Gasteiger partial charge in [0.1, 0.15) is 6.26 Å². The van der Waals surface area contributed by atoms with E-state index in [0.717, 1.165) is 11.3 Å². The van der Waals surface area contributed by atoms with Gasteiger partial charge in [0.05, 0.1) is 11.4 Å². The standard InChI is InChI=1S/C15H19N3O2S/c1-11(7-16)17-14(19)10-21-9-13-8-20-15(18-13)12-5-3-2-4-6-12/h2-6,8,11H,7,9-10,16H2,1H3,(H,17,19)/t11-/m0/s1. The molecule has 0 unspecified atom stereocenters. The van der Waals surface area contributed by atoms with E-state index in [9.17, 15) is 4.79 Å². The van der Waals surface area contributed by atoms with Crippen molar-refractivity contribution in [2.45, 2.75) is 18.7 Å². The maximum atomic E-state index is 11.6.